The Labute approximate surface area is 218 Å². The van der Waals surface area contributed by atoms with Crippen LogP contribution in [0.1, 0.15) is 31.7 Å². The maximum atomic E-state index is 12.3. The summed E-state index contributed by atoms with van der Waals surface area (Å²) in [6, 6.07) is 4.29. The smallest absolute Gasteiger partial charge is 0.425 e. The molecule has 39 heavy (non-hydrogen) atoms. The second kappa shape index (κ2) is 12.9. The van der Waals surface area contributed by atoms with Crippen molar-refractivity contribution >= 4 is 28.9 Å². The maximum Gasteiger partial charge on any atom is 0.569 e. The lowest BCUT2D eigenvalue weighted by molar-refractivity contribution is -0.685. The Morgan fingerprint density at radius 1 is 0.795 bits per heavy atom. The number of aromatic nitrogens is 1. The molecular weight excluding hydrogens is 626 g/mol. The summed E-state index contributed by atoms with van der Waals surface area (Å²) < 4.78 is 179. The Morgan fingerprint density at radius 3 is 1.38 bits per heavy atom. The van der Waals surface area contributed by atoms with Gasteiger partial charge in [-0.25, -0.2) is 21.4 Å². The van der Waals surface area contributed by atoms with Gasteiger partial charge in [0.2, 0.25) is 6.17 Å². The molecule has 1 rings (SSSR count). The number of hydrogen-bond donors (Lipinski definition) is 0. The number of alkyl halides is 10. The standard InChI is InChI=1S/C13H24NO3Si.C4F10NO4S2/c1-6-12(2)13-7-9-14(10-8-13)11-18(15-3,16-4)17-5;5-1(6,7)3(11,12)20(16,17)15-21(18,19)4(13,14)2(8,9)10/h7-10,12H,6,11H2,1-5H3;/q+1;-1. The van der Waals surface area contributed by atoms with Crippen LogP contribution in [-0.4, -0.2) is 69.8 Å². The van der Waals surface area contributed by atoms with E-state index in [1.807, 2.05) is 0 Å². The number of halogens is 10. The quantitative estimate of drug-likeness (QED) is 0.200. The van der Waals surface area contributed by atoms with Gasteiger partial charge in [0, 0.05) is 33.5 Å². The maximum absolute atomic E-state index is 12.3. The lowest BCUT2D eigenvalue weighted by Crippen LogP contribution is -2.56. The van der Waals surface area contributed by atoms with Gasteiger partial charge < -0.3 is 17.4 Å². The van der Waals surface area contributed by atoms with Gasteiger partial charge in [0.15, 0.2) is 32.4 Å². The van der Waals surface area contributed by atoms with Gasteiger partial charge in [0.25, 0.3) is 0 Å². The first-order valence-electron chi connectivity index (χ1n) is 10.1. The molecule has 9 nitrogen and oxygen atoms in total. The van der Waals surface area contributed by atoms with Crippen LogP contribution >= 0.6 is 0 Å². The van der Waals surface area contributed by atoms with E-state index in [1.54, 1.807) is 21.3 Å². The van der Waals surface area contributed by atoms with Gasteiger partial charge in [0.1, 0.15) is 0 Å². The first kappa shape index (κ1) is 37.4. The van der Waals surface area contributed by atoms with Crippen molar-refractivity contribution in [1.82, 2.24) is 0 Å². The third-order valence-electron chi connectivity index (χ3n) is 4.91. The van der Waals surface area contributed by atoms with E-state index in [-0.39, 0.29) is 0 Å². The van der Waals surface area contributed by atoms with E-state index < -0.39 is 51.7 Å². The average Bonchev–Trinajstić information content (AvgIpc) is 2.80. The second-order valence-corrected chi connectivity index (χ2v) is 13.9. The number of nitrogens with zero attached hydrogens (tertiary/aromatic N) is 2. The minimum Gasteiger partial charge on any atom is -0.425 e. The van der Waals surface area contributed by atoms with Crippen LogP contribution in [0.5, 0.6) is 0 Å². The summed E-state index contributed by atoms with van der Waals surface area (Å²) in [7, 11) is -12.9. The zero-order valence-corrected chi connectivity index (χ0v) is 23.3. The molecule has 0 saturated heterocycles. The van der Waals surface area contributed by atoms with Crippen molar-refractivity contribution in [3.05, 3.63) is 34.2 Å². The first-order valence-corrected chi connectivity index (χ1v) is 14.9. The molecule has 0 bridgehead atoms. The SMILES string of the molecule is CCC(C)c1cc[n+](C[Si](OC)(OC)OC)cc1.O=S(=O)([N-]S(=O)(=O)C(F)(F)C(F)(F)F)C(F)(F)C(F)(F)F. The molecule has 0 aliphatic rings. The lowest BCUT2D eigenvalue weighted by atomic mass is 10.0. The fourth-order valence-electron chi connectivity index (χ4n) is 2.32. The summed E-state index contributed by atoms with van der Waals surface area (Å²) in [4.78, 5) is 0. The molecule has 0 N–H and O–H groups in total. The van der Waals surface area contributed by atoms with Gasteiger partial charge in [-0.15, -0.1) is 0 Å². The van der Waals surface area contributed by atoms with E-state index in [2.05, 4.69) is 42.9 Å². The zero-order valence-electron chi connectivity index (χ0n) is 20.6. The van der Waals surface area contributed by atoms with Crippen molar-refractivity contribution in [3.63, 3.8) is 0 Å². The third kappa shape index (κ3) is 8.69. The fraction of sp³-hybridized carbons (Fsp3) is 0.706. The Hall–Kier alpha value is -1.59. The Bertz CT molecular complexity index is 1080. The molecule has 0 aromatic carbocycles. The highest BCUT2D eigenvalue weighted by molar-refractivity contribution is 8.13. The summed E-state index contributed by atoms with van der Waals surface area (Å²) in [5, 5.41) is -14.0. The number of sulfonamides is 2. The minimum absolute atomic E-state index is 0.422. The van der Waals surface area contributed by atoms with Gasteiger partial charge in [-0.2, -0.15) is 43.9 Å². The number of pyridine rings is 1. The summed E-state index contributed by atoms with van der Waals surface area (Å²) in [6.45, 7) is 4.43. The molecule has 230 valence electrons. The third-order valence-corrected chi connectivity index (χ3v) is 10.9. The van der Waals surface area contributed by atoms with Crippen LogP contribution in [0.25, 0.3) is 4.13 Å². The molecule has 0 amide bonds. The molecule has 0 aliphatic heterocycles. The van der Waals surface area contributed by atoms with Crippen LogP contribution in [0.2, 0.25) is 0 Å². The predicted molar refractivity (Wildman–Crippen MR) is 115 cm³/mol. The molecule has 22 heteroatoms. The summed E-state index contributed by atoms with van der Waals surface area (Å²) in [5.74, 6) is 0.592. The van der Waals surface area contributed by atoms with Gasteiger partial charge in [0.05, 0.1) is 0 Å². The Balaban J connectivity index is 0.000000748. The highest BCUT2D eigenvalue weighted by atomic mass is 32.3. The molecule has 1 aromatic heterocycles. The molecule has 0 spiro atoms. The molecular formula is C17H24F10N2O7S2Si. The first-order chi connectivity index (χ1) is 17.3. The van der Waals surface area contributed by atoms with Crippen molar-refractivity contribution in [2.75, 3.05) is 21.3 Å². The number of hydrogen-bond acceptors (Lipinski definition) is 7. The topological polar surface area (TPSA) is 114 Å². The molecule has 1 unspecified atom stereocenters. The van der Waals surface area contributed by atoms with Crippen LogP contribution in [0.4, 0.5) is 43.9 Å². The highest BCUT2D eigenvalue weighted by Crippen LogP contribution is 2.47. The second-order valence-electron chi connectivity index (χ2n) is 7.46. The molecule has 1 aromatic rings. The van der Waals surface area contributed by atoms with E-state index >= 15 is 0 Å². The van der Waals surface area contributed by atoms with E-state index in [4.69, 9.17) is 13.3 Å². The molecule has 1 atom stereocenters. The van der Waals surface area contributed by atoms with Crippen molar-refractivity contribution in [2.45, 2.75) is 55.2 Å². The van der Waals surface area contributed by atoms with Crippen LogP contribution in [0, 0.1) is 0 Å². The predicted octanol–water partition coefficient (Wildman–Crippen LogP) is 4.23. The van der Waals surface area contributed by atoms with Crippen molar-refractivity contribution in [1.29, 1.82) is 0 Å². The molecule has 1 heterocycles. The minimum atomic E-state index is -7.62. The zero-order chi connectivity index (χ0) is 31.3. The summed E-state index contributed by atoms with van der Waals surface area (Å²) in [6.07, 6.45) is -8.12. The van der Waals surface area contributed by atoms with E-state index in [0.29, 0.717) is 16.2 Å². The van der Waals surface area contributed by atoms with Crippen LogP contribution in [0.15, 0.2) is 24.5 Å². The summed E-state index contributed by atoms with van der Waals surface area (Å²) >= 11 is 0. The highest BCUT2D eigenvalue weighted by Gasteiger charge is 2.68. The Morgan fingerprint density at radius 2 is 1.13 bits per heavy atom. The van der Waals surface area contributed by atoms with Gasteiger partial charge in [-0.3, -0.25) is 0 Å². The average molecular weight is 651 g/mol. The van der Waals surface area contributed by atoms with Crippen molar-refractivity contribution in [2.24, 2.45) is 0 Å². The Kier molecular flexibility index (Phi) is 12.4. The normalized spacial score (nSPS) is 14.9. The van der Waals surface area contributed by atoms with E-state index in [0.717, 1.165) is 6.42 Å². The van der Waals surface area contributed by atoms with Gasteiger partial charge >= 0.3 is 31.7 Å². The lowest BCUT2D eigenvalue weighted by Gasteiger charge is -2.31. The van der Waals surface area contributed by atoms with Crippen LogP contribution in [-0.2, 0) is 39.5 Å². The molecule has 0 radical (unpaired) electrons. The van der Waals surface area contributed by atoms with Crippen molar-refractivity contribution in [3.8, 4) is 0 Å². The number of rotatable bonds is 11. The summed E-state index contributed by atoms with van der Waals surface area (Å²) in [5.41, 5.74) is 1.35. The molecule has 0 aliphatic carbocycles. The van der Waals surface area contributed by atoms with E-state index in [1.165, 1.54) is 5.56 Å². The van der Waals surface area contributed by atoms with Gasteiger partial charge in [-0.05, 0) is 17.9 Å². The van der Waals surface area contributed by atoms with Crippen LogP contribution < -0.4 is 4.57 Å². The van der Waals surface area contributed by atoms with Crippen LogP contribution in [0.3, 0.4) is 0 Å². The molecule has 0 fully saturated rings. The van der Waals surface area contributed by atoms with Crippen molar-refractivity contribution < 1.29 is 78.6 Å². The van der Waals surface area contributed by atoms with Gasteiger partial charge in [-0.1, -0.05) is 13.8 Å². The van der Waals surface area contributed by atoms with E-state index in [9.17, 15) is 60.7 Å². The molecule has 0 saturated carbocycles. The fourth-order valence-corrected chi connectivity index (χ4v) is 6.23. The monoisotopic (exact) mass is 650 g/mol. The largest absolute Gasteiger partial charge is 0.569 e.